The fourth-order valence-electron chi connectivity index (χ4n) is 4.13. The second-order valence-electron chi connectivity index (χ2n) is 10.9. The van der Waals surface area contributed by atoms with E-state index in [1.807, 2.05) is 6.07 Å². The largest absolute Gasteiger partial charge is 0.469 e. The number of ether oxygens (including phenoxy) is 3. The van der Waals surface area contributed by atoms with Crippen LogP contribution in [0.1, 0.15) is 58.9 Å². The average Bonchev–Trinajstić information content (AvgIpc) is 3.05. The Morgan fingerprint density at radius 2 is 1.35 bits per heavy atom. The third-order valence-corrected chi connectivity index (χ3v) is 7.16. The molecule has 0 radical (unpaired) electrons. The molecular weight excluding hydrogens is 607 g/mol. The number of halogens is 1. The van der Waals surface area contributed by atoms with E-state index in [9.17, 15) is 38.0 Å². The van der Waals surface area contributed by atoms with E-state index in [1.54, 1.807) is 52.0 Å². The van der Waals surface area contributed by atoms with Crippen molar-refractivity contribution >= 4 is 41.5 Å². The summed E-state index contributed by atoms with van der Waals surface area (Å²) in [4.78, 5) is 88.4. The standard InChI is InChI=1S/C31H45FN4O10/c1-7-19(4)27(30(42)34-22(23(37)16-32)15-25(39)45-6)35-28(40)21(13-14-24(38)44-5)33-29(41)26(18(2)3)36-31(43)46-17-20-11-9-8-10-12-20/h8-12,18-19,21-22,26-27H,7,13-17H2,1-6H3,(H,33,41)(H,34,42)(H,35,40)(H,36,43)/t19-,21-,22?,26-,27-/m0/s1. The number of carbonyl (C=O) groups excluding carboxylic acids is 7. The molecule has 0 saturated carbocycles. The van der Waals surface area contributed by atoms with Gasteiger partial charge in [0.2, 0.25) is 17.7 Å². The van der Waals surface area contributed by atoms with Crippen molar-refractivity contribution in [2.24, 2.45) is 11.8 Å². The molecule has 0 heterocycles. The van der Waals surface area contributed by atoms with Crippen LogP contribution in [0.4, 0.5) is 9.18 Å². The maximum absolute atomic E-state index is 13.5. The number of carbonyl (C=O) groups is 7. The molecule has 15 heteroatoms. The highest BCUT2D eigenvalue weighted by Crippen LogP contribution is 2.12. The Bertz CT molecular complexity index is 1200. The average molecular weight is 653 g/mol. The molecule has 0 aliphatic rings. The van der Waals surface area contributed by atoms with E-state index in [1.165, 1.54) is 0 Å². The van der Waals surface area contributed by atoms with Gasteiger partial charge < -0.3 is 35.5 Å². The molecule has 5 atom stereocenters. The summed E-state index contributed by atoms with van der Waals surface area (Å²) in [6.07, 6.45) is -1.62. The molecule has 0 aromatic heterocycles. The third-order valence-electron chi connectivity index (χ3n) is 7.16. The molecule has 0 fully saturated rings. The number of benzene rings is 1. The van der Waals surface area contributed by atoms with Crippen LogP contribution in [0.25, 0.3) is 0 Å². The van der Waals surface area contributed by atoms with E-state index in [4.69, 9.17) is 4.74 Å². The molecule has 1 rings (SSSR count). The Morgan fingerprint density at radius 1 is 0.761 bits per heavy atom. The van der Waals surface area contributed by atoms with Gasteiger partial charge in [-0.05, 0) is 23.8 Å². The van der Waals surface area contributed by atoms with Gasteiger partial charge in [0.15, 0.2) is 5.78 Å². The number of nitrogens with one attached hydrogen (secondary N) is 4. The first-order valence-corrected chi connectivity index (χ1v) is 14.9. The van der Waals surface area contributed by atoms with Gasteiger partial charge in [0.1, 0.15) is 37.4 Å². The van der Waals surface area contributed by atoms with E-state index >= 15 is 0 Å². The van der Waals surface area contributed by atoms with Crippen LogP contribution in [0.15, 0.2) is 30.3 Å². The van der Waals surface area contributed by atoms with Crippen molar-refractivity contribution < 1.29 is 52.2 Å². The summed E-state index contributed by atoms with van der Waals surface area (Å²) in [7, 11) is 2.22. The minimum atomic E-state index is -1.54. The first-order valence-electron chi connectivity index (χ1n) is 14.9. The summed E-state index contributed by atoms with van der Waals surface area (Å²) in [5.74, 6) is -6.05. The lowest BCUT2D eigenvalue weighted by molar-refractivity contribution is -0.144. The van der Waals surface area contributed by atoms with E-state index < -0.39 is 90.6 Å². The van der Waals surface area contributed by atoms with Gasteiger partial charge in [0.05, 0.1) is 20.6 Å². The molecule has 0 spiro atoms. The van der Waals surface area contributed by atoms with E-state index in [0.717, 1.165) is 19.8 Å². The van der Waals surface area contributed by atoms with Crippen LogP contribution in [0, 0.1) is 11.8 Å². The maximum Gasteiger partial charge on any atom is 0.408 e. The number of amides is 4. The highest BCUT2D eigenvalue weighted by Gasteiger charge is 2.35. The number of hydrogen-bond donors (Lipinski definition) is 4. The Labute approximate surface area is 267 Å². The van der Waals surface area contributed by atoms with Crippen LogP contribution < -0.4 is 21.3 Å². The number of Topliss-reactive ketones (excluding diaryl/α,β-unsaturated/α-hetero) is 1. The molecule has 4 amide bonds. The van der Waals surface area contributed by atoms with Crippen LogP contribution in [0.3, 0.4) is 0 Å². The van der Waals surface area contributed by atoms with Crippen molar-refractivity contribution in [3.05, 3.63) is 35.9 Å². The number of esters is 2. The van der Waals surface area contributed by atoms with Crippen LogP contribution >= 0.6 is 0 Å². The number of alkyl halides is 1. The maximum atomic E-state index is 13.5. The highest BCUT2D eigenvalue weighted by molar-refractivity contribution is 5.97. The number of methoxy groups -OCH3 is 2. The van der Waals surface area contributed by atoms with Crippen molar-refractivity contribution in [3.63, 3.8) is 0 Å². The SMILES string of the molecule is CC[C@H](C)[C@H](NC(=O)[C@H](CCC(=O)OC)NC(=O)[C@@H](NC(=O)OCc1ccccc1)C(C)C)C(=O)NC(CC(=O)OC)C(=O)CF. The smallest absolute Gasteiger partial charge is 0.408 e. The molecule has 0 aliphatic carbocycles. The highest BCUT2D eigenvalue weighted by atomic mass is 19.1. The fraction of sp³-hybridized carbons (Fsp3) is 0.581. The Kier molecular flexibility index (Phi) is 17.6. The number of rotatable bonds is 19. The molecule has 256 valence electrons. The third kappa shape index (κ3) is 13.6. The normalized spacial score (nSPS) is 14.0. The van der Waals surface area contributed by atoms with Gasteiger partial charge in [0, 0.05) is 6.42 Å². The van der Waals surface area contributed by atoms with Crippen molar-refractivity contribution in [1.82, 2.24) is 21.3 Å². The lowest BCUT2D eigenvalue weighted by Gasteiger charge is -2.29. The van der Waals surface area contributed by atoms with Crippen molar-refractivity contribution in [2.75, 3.05) is 20.9 Å². The lowest BCUT2D eigenvalue weighted by Crippen LogP contribution is -2.59. The van der Waals surface area contributed by atoms with Crippen molar-refractivity contribution in [1.29, 1.82) is 0 Å². The van der Waals surface area contributed by atoms with Gasteiger partial charge in [0.25, 0.3) is 0 Å². The number of ketones is 1. The Hall–Kier alpha value is -4.56. The Balaban J connectivity index is 3.15. The van der Waals surface area contributed by atoms with Crippen LogP contribution in [-0.2, 0) is 49.6 Å². The minimum absolute atomic E-state index is 0.0419. The predicted molar refractivity (Wildman–Crippen MR) is 163 cm³/mol. The van der Waals surface area contributed by atoms with Gasteiger partial charge in [-0.1, -0.05) is 64.4 Å². The summed E-state index contributed by atoms with van der Waals surface area (Å²) >= 11 is 0. The molecule has 0 bridgehead atoms. The van der Waals surface area contributed by atoms with Gasteiger partial charge in [-0.3, -0.25) is 28.8 Å². The van der Waals surface area contributed by atoms with E-state index in [-0.39, 0.29) is 19.4 Å². The molecule has 1 aromatic rings. The Morgan fingerprint density at radius 3 is 1.89 bits per heavy atom. The molecular formula is C31H45FN4O10. The zero-order valence-electron chi connectivity index (χ0n) is 27.1. The second-order valence-corrected chi connectivity index (χ2v) is 10.9. The first kappa shape index (κ1) is 39.5. The summed E-state index contributed by atoms with van der Waals surface area (Å²) in [6, 6.07) is 3.55. The molecule has 46 heavy (non-hydrogen) atoms. The van der Waals surface area contributed by atoms with E-state index in [0.29, 0.717) is 6.42 Å². The van der Waals surface area contributed by atoms with Crippen molar-refractivity contribution in [2.45, 2.75) is 84.2 Å². The molecule has 1 aromatic carbocycles. The van der Waals surface area contributed by atoms with Crippen molar-refractivity contribution in [3.8, 4) is 0 Å². The monoisotopic (exact) mass is 652 g/mol. The minimum Gasteiger partial charge on any atom is -0.469 e. The fourth-order valence-corrected chi connectivity index (χ4v) is 4.13. The van der Waals surface area contributed by atoms with Crippen LogP contribution in [0.2, 0.25) is 0 Å². The van der Waals surface area contributed by atoms with Crippen LogP contribution in [0.5, 0.6) is 0 Å². The quantitative estimate of drug-likeness (QED) is 0.126. The summed E-state index contributed by atoms with van der Waals surface area (Å²) in [5.41, 5.74) is 0.730. The molecule has 0 saturated heterocycles. The second kappa shape index (κ2) is 20.5. The summed E-state index contributed by atoms with van der Waals surface area (Å²) in [5, 5.41) is 9.87. The topological polar surface area (TPSA) is 195 Å². The summed E-state index contributed by atoms with van der Waals surface area (Å²) < 4.78 is 27.6. The lowest BCUT2D eigenvalue weighted by atomic mass is 9.96. The molecule has 1 unspecified atom stereocenters. The number of hydrogen-bond acceptors (Lipinski definition) is 10. The van der Waals surface area contributed by atoms with E-state index in [2.05, 4.69) is 30.7 Å². The zero-order chi connectivity index (χ0) is 34.8. The summed E-state index contributed by atoms with van der Waals surface area (Å²) in [6.45, 7) is 5.21. The van der Waals surface area contributed by atoms with Crippen LogP contribution in [-0.4, -0.2) is 86.6 Å². The van der Waals surface area contributed by atoms with Gasteiger partial charge >= 0.3 is 18.0 Å². The molecule has 4 N–H and O–H groups in total. The predicted octanol–water partition coefficient (Wildman–Crippen LogP) is 1.49. The molecule has 14 nitrogen and oxygen atoms in total. The van der Waals surface area contributed by atoms with Gasteiger partial charge in [-0.15, -0.1) is 0 Å². The number of alkyl carbamates (subject to hydrolysis) is 1. The first-order chi connectivity index (χ1) is 21.8. The zero-order valence-corrected chi connectivity index (χ0v) is 27.1. The van der Waals surface area contributed by atoms with Gasteiger partial charge in [-0.25, -0.2) is 9.18 Å². The molecule has 0 aliphatic heterocycles. The van der Waals surface area contributed by atoms with Gasteiger partial charge in [-0.2, -0.15) is 0 Å².